The normalized spacial score (nSPS) is 10.4. The van der Waals surface area contributed by atoms with E-state index in [1.165, 1.54) is 30.5 Å². The number of urea groups is 1. The number of carbonyl (C=O) groups is 2. The highest BCUT2D eigenvalue weighted by Crippen LogP contribution is 2.29. The van der Waals surface area contributed by atoms with Crippen LogP contribution < -0.4 is 10.6 Å². The van der Waals surface area contributed by atoms with Gasteiger partial charge in [0.1, 0.15) is 5.82 Å². The SMILES string of the molecule is CCOC(=O)c1ncc2cc(NC(=O)Nc3ccc(F)cc3)ccc2c1O. The molecule has 0 unspecified atom stereocenters. The molecule has 3 N–H and O–H groups in total. The zero-order chi connectivity index (χ0) is 19.4. The van der Waals surface area contributed by atoms with Crippen molar-refractivity contribution in [2.24, 2.45) is 0 Å². The third-order valence-corrected chi connectivity index (χ3v) is 3.69. The van der Waals surface area contributed by atoms with Crippen molar-refractivity contribution in [2.75, 3.05) is 17.2 Å². The van der Waals surface area contributed by atoms with Crippen LogP contribution in [-0.4, -0.2) is 28.7 Å². The van der Waals surface area contributed by atoms with E-state index in [9.17, 15) is 19.1 Å². The molecule has 0 aliphatic rings. The minimum atomic E-state index is -0.710. The second-order valence-corrected chi connectivity index (χ2v) is 5.56. The first-order chi connectivity index (χ1) is 13.0. The van der Waals surface area contributed by atoms with Crippen molar-refractivity contribution in [3.63, 3.8) is 0 Å². The Morgan fingerprint density at radius 3 is 2.48 bits per heavy atom. The molecular weight excluding hydrogens is 353 g/mol. The molecule has 0 saturated heterocycles. The maximum Gasteiger partial charge on any atom is 0.360 e. The van der Waals surface area contributed by atoms with Gasteiger partial charge < -0.3 is 20.5 Å². The molecule has 8 heteroatoms. The summed E-state index contributed by atoms with van der Waals surface area (Å²) in [6.45, 7) is 1.83. The number of benzene rings is 2. The number of pyridine rings is 1. The van der Waals surface area contributed by atoms with Crippen LogP contribution in [0.4, 0.5) is 20.6 Å². The van der Waals surface area contributed by atoms with E-state index in [1.807, 2.05) is 0 Å². The maximum atomic E-state index is 12.9. The number of aromatic hydroxyl groups is 1. The van der Waals surface area contributed by atoms with E-state index in [0.29, 0.717) is 22.1 Å². The van der Waals surface area contributed by atoms with E-state index >= 15 is 0 Å². The summed E-state index contributed by atoms with van der Waals surface area (Å²) in [7, 11) is 0. The number of halogens is 1. The van der Waals surface area contributed by atoms with Gasteiger partial charge in [-0.1, -0.05) is 0 Å². The fourth-order valence-corrected chi connectivity index (χ4v) is 2.46. The van der Waals surface area contributed by atoms with Crippen LogP contribution >= 0.6 is 0 Å². The molecule has 138 valence electrons. The summed E-state index contributed by atoms with van der Waals surface area (Å²) in [5.74, 6) is -1.39. The molecule has 0 radical (unpaired) electrons. The molecular formula is C19H16FN3O4. The predicted octanol–water partition coefficient (Wildman–Crippen LogP) is 3.90. The number of amides is 2. The number of carbonyl (C=O) groups excluding carboxylic acids is 2. The Bertz CT molecular complexity index is 1010. The highest BCUT2D eigenvalue weighted by atomic mass is 19.1. The van der Waals surface area contributed by atoms with E-state index in [0.717, 1.165) is 0 Å². The van der Waals surface area contributed by atoms with Gasteiger partial charge in [0.2, 0.25) is 0 Å². The summed E-state index contributed by atoms with van der Waals surface area (Å²) in [6.07, 6.45) is 1.41. The first kappa shape index (κ1) is 18.1. The van der Waals surface area contributed by atoms with Crippen LogP contribution in [0.2, 0.25) is 0 Å². The predicted molar refractivity (Wildman–Crippen MR) is 98.4 cm³/mol. The Morgan fingerprint density at radius 2 is 1.78 bits per heavy atom. The summed E-state index contributed by atoms with van der Waals surface area (Å²) < 4.78 is 17.7. The van der Waals surface area contributed by atoms with Crippen molar-refractivity contribution in [1.29, 1.82) is 0 Å². The molecule has 0 spiro atoms. The Balaban J connectivity index is 1.78. The van der Waals surface area contributed by atoms with Crippen LogP contribution in [-0.2, 0) is 4.74 Å². The third-order valence-electron chi connectivity index (χ3n) is 3.69. The third kappa shape index (κ3) is 4.12. The van der Waals surface area contributed by atoms with Crippen molar-refractivity contribution in [1.82, 2.24) is 4.98 Å². The van der Waals surface area contributed by atoms with Gasteiger partial charge in [0.05, 0.1) is 6.61 Å². The molecule has 0 fully saturated rings. The van der Waals surface area contributed by atoms with Gasteiger partial charge in [-0.25, -0.2) is 19.0 Å². The Hall–Kier alpha value is -3.68. The number of hydrogen-bond donors (Lipinski definition) is 3. The number of fused-ring (bicyclic) bond motifs is 1. The highest BCUT2D eigenvalue weighted by Gasteiger charge is 2.17. The topological polar surface area (TPSA) is 101 Å². The van der Waals surface area contributed by atoms with Crippen LogP contribution in [0, 0.1) is 5.82 Å². The molecule has 0 bridgehead atoms. The summed E-state index contributed by atoms with van der Waals surface area (Å²) in [5, 5.41) is 16.4. The average Bonchev–Trinajstić information content (AvgIpc) is 2.64. The molecule has 0 atom stereocenters. The van der Waals surface area contributed by atoms with Crippen LogP contribution in [0.15, 0.2) is 48.7 Å². The average molecular weight is 369 g/mol. The minimum absolute atomic E-state index is 0.167. The number of ether oxygens (including phenoxy) is 1. The highest BCUT2D eigenvalue weighted by molar-refractivity contribution is 6.03. The number of nitrogens with one attached hydrogen (secondary N) is 2. The van der Waals surface area contributed by atoms with Crippen LogP contribution in [0.25, 0.3) is 10.8 Å². The molecule has 2 aromatic carbocycles. The summed E-state index contributed by atoms with van der Waals surface area (Å²) in [6, 6.07) is 9.57. The number of anilines is 2. The lowest BCUT2D eigenvalue weighted by Gasteiger charge is -2.10. The first-order valence-electron chi connectivity index (χ1n) is 8.10. The molecule has 27 heavy (non-hydrogen) atoms. The molecule has 0 aliphatic heterocycles. The van der Waals surface area contributed by atoms with Crippen molar-refractivity contribution in [3.8, 4) is 5.75 Å². The Kier molecular flexibility index (Phi) is 5.16. The van der Waals surface area contributed by atoms with Crippen LogP contribution in [0.1, 0.15) is 17.4 Å². The zero-order valence-corrected chi connectivity index (χ0v) is 14.3. The molecule has 3 aromatic rings. The lowest BCUT2D eigenvalue weighted by molar-refractivity contribution is 0.0516. The minimum Gasteiger partial charge on any atom is -0.505 e. The fraction of sp³-hybridized carbons (Fsp3) is 0.105. The number of rotatable bonds is 4. The Morgan fingerprint density at radius 1 is 1.11 bits per heavy atom. The van der Waals surface area contributed by atoms with E-state index < -0.39 is 17.8 Å². The van der Waals surface area contributed by atoms with Gasteiger partial charge >= 0.3 is 12.0 Å². The maximum absolute atomic E-state index is 12.9. The standard InChI is InChI=1S/C19H16FN3O4/c1-2-27-18(25)16-17(24)15-8-7-14(9-11(15)10-21-16)23-19(26)22-13-5-3-12(20)4-6-13/h3-10,24H,2H2,1H3,(H2,22,23,26). The van der Waals surface area contributed by atoms with Gasteiger partial charge in [-0.15, -0.1) is 0 Å². The van der Waals surface area contributed by atoms with Gasteiger partial charge in [0, 0.05) is 28.3 Å². The lowest BCUT2D eigenvalue weighted by Crippen LogP contribution is -2.19. The van der Waals surface area contributed by atoms with Crippen LogP contribution in [0.3, 0.4) is 0 Å². The molecule has 2 amide bonds. The van der Waals surface area contributed by atoms with Gasteiger partial charge in [-0.05, 0) is 49.4 Å². The van der Waals surface area contributed by atoms with E-state index in [1.54, 1.807) is 25.1 Å². The number of hydrogen-bond acceptors (Lipinski definition) is 5. The molecule has 1 aromatic heterocycles. The van der Waals surface area contributed by atoms with Gasteiger partial charge in [-0.2, -0.15) is 0 Å². The van der Waals surface area contributed by atoms with Gasteiger partial charge in [0.25, 0.3) is 0 Å². The van der Waals surface area contributed by atoms with Crippen molar-refractivity contribution >= 4 is 34.1 Å². The summed E-state index contributed by atoms with van der Waals surface area (Å²) in [5.41, 5.74) is 0.722. The van der Waals surface area contributed by atoms with Crippen molar-refractivity contribution < 1.29 is 23.8 Å². The molecule has 1 heterocycles. The fourth-order valence-electron chi connectivity index (χ4n) is 2.46. The molecule has 0 saturated carbocycles. The second kappa shape index (κ2) is 7.69. The summed E-state index contributed by atoms with van der Waals surface area (Å²) >= 11 is 0. The molecule has 0 aliphatic carbocycles. The van der Waals surface area contributed by atoms with Crippen molar-refractivity contribution in [3.05, 3.63) is 60.2 Å². The lowest BCUT2D eigenvalue weighted by atomic mass is 10.1. The van der Waals surface area contributed by atoms with E-state index in [-0.39, 0.29) is 18.1 Å². The molecule has 7 nitrogen and oxygen atoms in total. The number of nitrogens with zero attached hydrogens (tertiary/aromatic N) is 1. The first-order valence-corrected chi connectivity index (χ1v) is 8.10. The van der Waals surface area contributed by atoms with Gasteiger partial charge in [-0.3, -0.25) is 0 Å². The van der Waals surface area contributed by atoms with Crippen LogP contribution in [0.5, 0.6) is 5.75 Å². The zero-order valence-electron chi connectivity index (χ0n) is 14.3. The largest absolute Gasteiger partial charge is 0.505 e. The smallest absolute Gasteiger partial charge is 0.360 e. The summed E-state index contributed by atoms with van der Waals surface area (Å²) in [4.78, 5) is 27.8. The Labute approximate surface area is 153 Å². The monoisotopic (exact) mass is 369 g/mol. The van der Waals surface area contributed by atoms with E-state index in [2.05, 4.69) is 15.6 Å². The van der Waals surface area contributed by atoms with Crippen molar-refractivity contribution in [2.45, 2.75) is 6.92 Å². The number of aromatic nitrogens is 1. The van der Waals surface area contributed by atoms with E-state index in [4.69, 9.17) is 4.74 Å². The second-order valence-electron chi connectivity index (χ2n) is 5.56. The van der Waals surface area contributed by atoms with Gasteiger partial charge in [0.15, 0.2) is 11.4 Å². The molecule has 3 rings (SSSR count). The number of esters is 1. The quantitative estimate of drug-likeness (QED) is 0.606.